The van der Waals surface area contributed by atoms with Crippen molar-refractivity contribution in [3.63, 3.8) is 0 Å². The fourth-order valence-corrected chi connectivity index (χ4v) is 3.21. The van der Waals surface area contributed by atoms with Crippen LogP contribution in [0.1, 0.15) is 27.5 Å². The summed E-state index contributed by atoms with van der Waals surface area (Å²) >= 11 is 6.32. The van der Waals surface area contributed by atoms with E-state index in [1.165, 1.54) is 0 Å². The number of amides is 1. The van der Waals surface area contributed by atoms with E-state index in [0.717, 1.165) is 11.1 Å². The molecule has 3 aromatic rings. The zero-order valence-electron chi connectivity index (χ0n) is 15.5. The predicted octanol–water partition coefficient (Wildman–Crippen LogP) is 3.62. The monoisotopic (exact) mass is 382 g/mol. The molecular weight excluding hydrogens is 360 g/mol. The van der Waals surface area contributed by atoms with Gasteiger partial charge in [-0.15, -0.1) is 0 Å². The van der Waals surface area contributed by atoms with Gasteiger partial charge < -0.3 is 10.2 Å². The highest BCUT2D eigenvalue weighted by molar-refractivity contribution is 6.31. The van der Waals surface area contributed by atoms with Gasteiger partial charge in [-0.3, -0.25) is 9.48 Å². The van der Waals surface area contributed by atoms with Gasteiger partial charge >= 0.3 is 0 Å². The number of rotatable bonds is 7. The van der Waals surface area contributed by atoms with Gasteiger partial charge in [0.1, 0.15) is 0 Å². The van der Waals surface area contributed by atoms with Crippen LogP contribution in [0.2, 0.25) is 5.02 Å². The Hall–Kier alpha value is -2.63. The minimum atomic E-state index is -0.145. The normalized spacial score (nSPS) is 12.1. The molecule has 0 saturated carbocycles. The fraction of sp³-hybridized carbons (Fsp3) is 0.238. The molecule has 0 saturated heterocycles. The molecule has 140 valence electrons. The van der Waals surface area contributed by atoms with E-state index < -0.39 is 0 Å². The lowest BCUT2D eigenvalue weighted by Gasteiger charge is -2.25. The fourth-order valence-electron chi connectivity index (χ4n) is 2.95. The average molecular weight is 383 g/mol. The highest BCUT2D eigenvalue weighted by Gasteiger charge is 2.18. The molecule has 0 bridgehead atoms. The van der Waals surface area contributed by atoms with E-state index in [0.29, 0.717) is 23.7 Å². The number of carbonyl (C=O) groups excluding carboxylic acids is 1. The van der Waals surface area contributed by atoms with Crippen molar-refractivity contribution in [2.75, 3.05) is 20.6 Å². The van der Waals surface area contributed by atoms with E-state index in [1.807, 2.05) is 73.6 Å². The SMILES string of the molecule is CN(C)C(CNC(=O)c1cnn(Cc2ccccc2)c1)c1ccccc1Cl. The Bertz CT molecular complexity index is 892. The highest BCUT2D eigenvalue weighted by atomic mass is 35.5. The maximum atomic E-state index is 12.5. The number of nitrogens with one attached hydrogen (secondary N) is 1. The van der Waals surface area contributed by atoms with Crippen LogP contribution in [0.25, 0.3) is 0 Å². The molecule has 27 heavy (non-hydrogen) atoms. The Labute approximate surface area is 164 Å². The molecule has 0 aliphatic carbocycles. The second-order valence-corrected chi connectivity index (χ2v) is 7.03. The lowest BCUT2D eigenvalue weighted by Crippen LogP contribution is -2.34. The van der Waals surface area contributed by atoms with Crippen LogP contribution >= 0.6 is 11.6 Å². The molecule has 1 unspecified atom stereocenters. The first-order valence-corrected chi connectivity index (χ1v) is 9.18. The summed E-state index contributed by atoms with van der Waals surface area (Å²) in [5.41, 5.74) is 2.67. The van der Waals surface area contributed by atoms with Gasteiger partial charge in [0.15, 0.2) is 0 Å². The number of hydrogen-bond acceptors (Lipinski definition) is 3. The van der Waals surface area contributed by atoms with Crippen molar-refractivity contribution in [3.05, 3.63) is 88.7 Å². The number of halogens is 1. The van der Waals surface area contributed by atoms with Crippen molar-refractivity contribution in [1.29, 1.82) is 0 Å². The number of nitrogens with zero attached hydrogens (tertiary/aromatic N) is 3. The number of hydrogen-bond donors (Lipinski definition) is 1. The van der Waals surface area contributed by atoms with Crippen molar-refractivity contribution in [1.82, 2.24) is 20.0 Å². The molecule has 0 radical (unpaired) electrons. The Kier molecular flexibility index (Phi) is 6.27. The molecule has 0 spiro atoms. The van der Waals surface area contributed by atoms with Crippen LogP contribution in [-0.4, -0.2) is 41.2 Å². The molecule has 0 aliphatic heterocycles. The first-order chi connectivity index (χ1) is 13.0. The summed E-state index contributed by atoms with van der Waals surface area (Å²) in [7, 11) is 3.94. The summed E-state index contributed by atoms with van der Waals surface area (Å²) in [5.74, 6) is -0.145. The molecule has 1 N–H and O–H groups in total. The van der Waals surface area contributed by atoms with E-state index in [2.05, 4.69) is 10.4 Å². The third-order valence-corrected chi connectivity index (χ3v) is 4.77. The van der Waals surface area contributed by atoms with Crippen molar-refractivity contribution >= 4 is 17.5 Å². The minimum absolute atomic E-state index is 0.0120. The maximum absolute atomic E-state index is 12.5. The van der Waals surface area contributed by atoms with Crippen LogP contribution in [0.3, 0.4) is 0 Å². The quantitative estimate of drug-likeness (QED) is 0.679. The summed E-state index contributed by atoms with van der Waals surface area (Å²) in [6, 6.07) is 17.7. The van der Waals surface area contributed by atoms with E-state index in [4.69, 9.17) is 11.6 Å². The topological polar surface area (TPSA) is 50.2 Å². The smallest absolute Gasteiger partial charge is 0.254 e. The van der Waals surface area contributed by atoms with Gasteiger partial charge in [0.2, 0.25) is 0 Å². The molecule has 1 aromatic heterocycles. The van der Waals surface area contributed by atoms with Crippen molar-refractivity contribution in [3.8, 4) is 0 Å². The van der Waals surface area contributed by atoms with E-state index in [-0.39, 0.29) is 11.9 Å². The van der Waals surface area contributed by atoms with Crippen LogP contribution in [-0.2, 0) is 6.54 Å². The number of aromatic nitrogens is 2. The summed E-state index contributed by atoms with van der Waals surface area (Å²) < 4.78 is 1.77. The molecule has 5 nitrogen and oxygen atoms in total. The second-order valence-electron chi connectivity index (χ2n) is 6.62. The Morgan fingerprint density at radius 2 is 1.85 bits per heavy atom. The molecule has 0 fully saturated rings. The largest absolute Gasteiger partial charge is 0.350 e. The standard InChI is InChI=1S/C21H23ClN4O/c1-25(2)20(18-10-6-7-11-19(18)22)13-23-21(27)17-12-24-26(15-17)14-16-8-4-3-5-9-16/h3-12,15,20H,13-14H2,1-2H3,(H,23,27). The van der Waals surface area contributed by atoms with Gasteiger partial charge in [0.25, 0.3) is 5.91 Å². The number of carbonyl (C=O) groups is 1. The van der Waals surface area contributed by atoms with Crippen molar-refractivity contribution in [2.45, 2.75) is 12.6 Å². The van der Waals surface area contributed by atoms with Crippen molar-refractivity contribution in [2.24, 2.45) is 0 Å². The summed E-state index contributed by atoms with van der Waals surface area (Å²) in [4.78, 5) is 14.6. The van der Waals surface area contributed by atoms with Gasteiger partial charge in [-0.05, 0) is 31.3 Å². The van der Waals surface area contributed by atoms with Gasteiger partial charge in [0, 0.05) is 17.8 Å². The first kappa shape index (κ1) is 19.1. The van der Waals surface area contributed by atoms with E-state index >= 15 is 0 Å². The number of benzene rings is 2. The van der Waals surface area contributed by atoms with Crippen LogP contribution in [0, 0.1) is 0 Å². The second kappa shape index (κ2) is 8.84. The summed E-state index contributed by atoms with van der Waals surface area (Å²) in [5, 5.41) is 7.98. The maximum Gasteiger partial charge on any atom is 0.254 e. The number of likely N-dealkylation sites (N-methyl/N-ethyl adjacent to an activating group) is 1. The van der Waals surface area contributed by atoms with Gasteiger partial charge in [0.05, 0.1) is 24.3 Å². The lowest BCUT2D eigenvalue weighted by atomic mass is 10.1. The average Bonchev–Trinajstić information content (AvgIpc) is 3.12. The Morgan fingerprint density at radius 3 is 2.56 bits per heavy atom. The molecular formula is C21H23ClN4O. The highest BCUT2D eigenvalue weighted by Crippen LogP contribution is 2.25. The molecule has 1 atom stereocenters. The Balaban J connectivity index is 1.64. The first-order valence-electron chi connectivity index (χ1n) is 8.80. The van der Waals surface area contributed by atoms with Crippen LogP contribution in [0.4, 0.5) is 0 Å². The predicted molar refractivity (Wildman–Crippen MR) is 108 cm³/mol. The third-order valence-electron chi connectivity index (χ3n) is 4.43. The molecule has 1 amide bonds. The molecule has 0 aliphatic rings. The van der Waals surface area contributed by atoms with Crippen LogP contribution < -0.4 is 5.32 Å². The summed E-state index contributed by atoms with van der Waals surface area (Å²) in [6.07, 6.45) is 3.36. The van der Waals surface area contributed by atoms with Gasteiger partial charge in [-0.25, -0.2) is 0 Å². The van der Waals surface area contributed by atoms with E-state index in [9.17, 15) is 4.79 Å². The lowest BCUT2D eigenvalue weighted by molar-refractivity contribution is 0.0942. The zero-order chi connectivity index (χ0) is 19.2. The molecule has 6 heteroatoms. The third kappa shape index (κ3) is 4.96. The van der Waals surface area contributed by atoms with Gasteiger partial charge in [-0.2, -0.15) is 5.10 Å². The Morgan fingerprint density at radius 1 is 1.15 bits per heavy atom. The summed E-state index contributed by atoms with van der Waals surface area (Å²) in [6.45, 7) is 1.09. The van der Waals surface area contributed by atoms with Crippen LogP contribution in [0.5, 0.6) is 0 Å². The molecule has 1 heterocycles. The molecule has 3 rings (SSSR count). The minimum Gasteiger partial charge on any atom is -0.350 e. The molecule has 2 aromatic carbocycles. The van der Waals surface area contributed by atoms with Gasteiger partial charge in [-0.1, -0.05) is 60.1 Å². The van der Waals surface area contributed by atoms with Crippen molar-refractivity contribution < 1.29 is 4.79 Å². The zero-order valence-corrected chi connectivity index (χ0v) is 16.2. The van der Waals surface area contributed by atoms with E-state index in [1.54, 1.807) is 17.1 Å². The van der Waals surface area contributed by atoms with Crippen LogP contribution in [0.15, 0.2) is 67.0 Å².